The summed E-state index contributed by atoms with van der Waals surface area (Å²) in [5.74, 6) is 0. The number of nitrogens with one attached hydrogen (secondary N) is 1. The molecule has 0 aliphatic carbocycles. The van der Waals surface area contributed by atoms with Crippen LogP contribution in [0.25, 0.3) is 16.9 Å². The molecule has 1 aliphatic heterocycles. The predicted octanol–water partition coefficient (Wildman–Crippen LogP) is 4.10. The molecule has 0 spiro atoms. The molecular weight excluding hydrogens is 355 g/mol. The third-order valence-electron chi connectivity index (χ3n) is 4.62. The molecule has 130 valence electrons. The van der Waals surface area contributed by atoms with Gasteiger partial charge in [-0.3, -0.25) is 4.90 Å². The van der Waals surface area contributed by atoms with Crippen molar-refractivity contribution in [2.75, 3.05) is 26.2 Å². The molecule has 3 heterocycles. The zero-order valence-electron chi connectivity index (χ0n) is 13.9. The van der Waals surface area contributed by atoms with E-state index < -0.39 is 0 Å². The second-order valence-electron chi connectivity index (χ2n) is 6.34. The molecule has 4 nitrogen and oxygen atoms in total. The molecule has 0 amide bonds. The van der Waals surface area contributed by atoms with Crippen molar-refractivity contribution in [1.29, 1.82) is 0 Å². The third kappa shape index (κ3) is 3.53. The summed E-state index contributed by atoms with van der Waals surface area (Å²) in [6.07, 6.45) is 3.23. The van der Waals surface area contributed by atoms with E-state index >= 15 is 0 Å². The Balaban J connectivity index is 1.80. The number of aromatic nitrogens is 2. The summed E-state index contributed by atoms with van der Waals surface area (Å²) in [4.78, 5) is 7.33. The van der Waals surface area contributed by atoms with Crippen LogP contribution in [-0.2, 0) is 6.54 Å². The van der Waals surface area contributed by atoms with Crippen molar-refractivity contribution in [3.63, 3.8) is 0 Å². The molecule has 25 heavy (non-hydrogen) atoms. The maximum Gasteiger partial charge on any atom is 0.137 e. The number of halogens is 2. The van der Waals surface area contributed by atoms with Crippen LogP contribution in [0.4, 0.5) is 0 Å². The fraction of sp³-hybridized carbons (Fsp3) is 0.316. The lowest BCUT2D eigenvalue weighted by atomic mass is 10.1. The van der Waals surface area contributed by atoms with Crippen LogP contribution in [0, 0.1) is 0 Å². The van der Waals surface area contributed by atoms with Crippen molar-refractivity contribution in [3.8, 4) is 11.3 Å². The van der Waals surface area contributed by atoms with Gasteiger partial charge in [0.15, 0.2) is 0 Å². The number of hydrogen-bond donors (Lipinski definition) is 1. The first-order valence-electron chi connectivity index (χ1n) is 8.57. The van der Waals surface area contributed by atoms with E-state index in [0.29, 0.717) is 10.0 Å². The molecule has 1 aromatic carbocycles. The molecule has 1 fully saturated rings. The molecule has 0 radical (unpaired) electrons. The van der Waals surface area contributed by atoms with Gasteiger partial charge in [0, 0.05) is 36.4 Å². The highest BCUT2D eigenvalue weighted by Crippen LogP contribution is 2.33. The van der Waals surface area contributed by atoms with Gasteiger partial charge >= 0.3 is 0 Å². The molecular formula is C19H20Cl2N4. The van der Waals surface area contributed by atoms with E-state index in [1.165, 1.54) is 5.69 Å². The number of imidazole rings is 1. The fourth-order valence-corrected chi connectivity index (χ4v) is 3.86. The second kappa shape index (κ2) is 7.34. The molecule has 1 aliphatic rings. The van der Waals surface area contributed by atoms with Crippen molar-refractivity contribution in [2.24, 2.45) is 0 Å². The molecule has 1 N–H and O–H groups in total. The maximum atomic E-state index is 6.48. The minimum Gasteiger partial charge on any atom is -0.315 e. The summed E-state index contributed by atoms with van der Waals surface area (Å²) in [6, 6.07) is 11.7. The molecule has 0 unspecified atom stereocenters. The summed E-state index contributed by atoms with van der Waals surface area (Å²) in [7, 11) is 0. The first-order valence-corrected chi connectivity index (χ1v) is 9.32. The van der Waals surface area contributed by atoms with Crippen LogP contribution in [0.2, 0.25) is 10.0 Å². The Morgan fingerprint density at radius 1 is 1.08 bits per heavy atom. The van der Waals surface area contributed by atoms with Crippen LogP contribution in [-0.4, -0.2) is 40.5 Å². The summed E-state index contributed by atoms with van der Waals surface area (Å²) in [6.45, 7) is 5.07. The highest BCUT2D eigenvalue weighted by Gasteiger charge is 2.19. The number of hydrogen-bond acceptors (Lipinski definition) is 3. The van der Waals surface area contributed by atoms with Crippen molar-refractivity contribution in [2.45, 2.75) is 13.0 Å². The quantitative estimate of drug-likeness (QED) is 0.748. The molecule has 3 aromatic rings. The highest BCUT2D eigenvalue weighted by molar-refractivity contribution is 6.36. The monoisotopic (exact) mass is 374 g/mol. The first-order chi connectivity index (χ1) is 12.2. The molecule has 6 heteroatoms. The highest BCUT2D eigenvalue weighted by atomic mass is 35.5. The van der Waals surface area contributed by atoms with Gasteiger partial charge in [0.2, 0.25) is 0 Å². The van der Waals surface area contributed by atoms with Crippen molar-refractivity contribution in [3.05, 3.63) is 58.3 Å². The second-order valence-corrected chi connectivity index (χ2v) is 7.18. The summed E-state index contributed by atoms with van der Waals surface area (Å²) in [5, 5.41) is 4.73. The van der Waals surface area contributed by atoms with Gasteiger partial charge in [0.25, 0.3) is 0 Å². The van der Waals surface area contributed by atoms with E-state index in [2.05, 4.69) is 20.8 Å². The van der Waals surface area contributed by atoms with Gasteiger partial charge < -0.3 is 9.72 Å². The largest absolute Gasteiger partial charge is 0.315 e. The molecule has 1 saturated heterocycles. The van der Waals surface area contributed by atoms with Crippen LogP contribution in [0.15, 0.2) is 42.6 Å². The van der Waals surface area contributed by atoms with Crippen molar-refractivity contribution in [1.82, 2.24) is 19.6 Å². The number of benzene rings is 1. The standard InChI is InChI=1S/C19H20Cl2N4/c20-14-5-6-15(16(21)12-14)19-17(13-24-9-3-7-22-8-11-24)25-10-2-1-4-18(25)23-19/h1-2,4-6,10,12,22H,3,7-9,11,13H2. The Morgan fingerprint density at radius 3 is 2.88 bits per heavy atom. The maximum absolute atomic E-state index is 6.48. The summed E-state index contributed by atoms with van der Waals surface area (Å²) < 4.78 is 2.17. The fourth-order valence-electron chi connectivity index (χ4n) is 3.37. The van der Waals surface area contributed by atoms with Gasteiger partial charge in [-0.1, -0.05) is 29.3 Å². The van der Waals surface area contributed by atoms with E-state index in [0.717, 1.165) is 56.0 Å². The average molecular weight is 375 g/mol. The van der Waals surface area contributed by atoms with E-state index in [1.807, 2.05) is 30.3 Å². The van der Waals surface area contributed by atoms with Crippen LogP contribution in [0.5, 0.6) is 0 Å². The van der Waals surface area contributed by atoms with E-state index in [-0.39, 0.29) is 0 Å². The number of pyridine rings is 1. The predicted molar refractivity (Wildman–Crippen MR) is 103 cm³/mol. The molecule has 0 atom stereocenters. The zero-order chi connectivity index (χ0) is 17.2. The number of nitrogens with zero attached hydrogens (tertiary/aromatic N) is 3. The zero-order valence-corrected chi connectivity index (χ0v) is 15.4. The first kappa shape index (κ1) is 16.9. The Bertz CT molecular complexity index is 882. The Kier molecular flexibility index (Phi) is 4.95. The van der Waals surface area contributed by atoms with Gasteiger partial charge in [0.1, 0.15) is 5.65 Å². The number of fused-ring (bicyclic) bond motifs is 1. The Morgan fingerprint density at radius 2 is 2.00 bits per heavy atom. The normalized spacial score (nSPS) is 16.2. The van der Waals surface area contributed by atoms with Crippen LogP contribution < -0.4 is 5.32 Å². The lowest BCUT2D eigenvalue weighted by molar-refractivity contribution is 0.281. The van der Waals surface area contributed by atoms with Gasteiger partial charge in [-0.25, -0.2) is 4.98 Å². The smallest absolute Gasteiger partial charge is 0.137 e. The third-order valence-corrected chi connectivity index (χ3v) is 5.17. The molecule has 4 rings (SSSR count). The van der Waals surface area contributed by atoms with Crippen molar-refractivity contribution < 1.29 is 0 Å². The minimum absolute atomic E-state index is 0.634. The molecule has 0 bridgehead atoms. The van der Waals surface area contributed by atoms with Crippen molar-refractivity contribution >= 4 is 28.8 Å². The van der Waals surface area contributed by atoms with E-state index in [9.17, 15) is 0 Å². The molecule has 2 aromatic heterocycles. The van der Waals surface area contributed by atoms with Crippen LogP contribution in [0.3, 0.4) is 0 Å². The Labute approximate surface area is 157 Å². The SMILES string of the molecule is Clc1ccc(-c2nc3ccccn3c2CN2CCCNCC2)c(Cl)c1. The van der Waals surface area contributed by atoms with Crippen LogP contribution >= 0.6 is 23.2 Å². The van der Waals surface area contributed by atoms with Gasteiger partial charge in [-0.15, -0.1) is 0 Å². The average Bonchev–Trinajstić information content (AvgIpc) is 2.78. The summed E-state index contributed by atoms with van der Waals surface area (Å²) >= 11 is 12.5. The molecule has 0 saturated carbocycles. The van der Waals surface area contributed by atoms with Crippen LogP contribution in [0.1, 0.15) is 12.1 Å². The lowest BCUT2D eigenvalue weighted by Gasteiger charge is -2.20. The van der Waals surface area contributed by atoms with Gasteiger partial charge in [-0.2, -0.15) is 0 Å². The lowest BCUT2D eigenvalue weighted by Crippen LogP contribution is -2.28. The Hall–Kier alpha value is -1.59. The van der Waals surface area contributed by atoms with Gasteiger partial charge in [-0.05, 0) is 49.8 Å². The summed E-state index contributed by atoms with van der Waals surface area (Å²) in [5.41, 5.74) is 3.97. The number of rotatable bonds is 3. The van der Waals surface area contributed by atoms with E-state index in [4.69, 9.17) is 28.2 Å². The van der Waals surface area contributed by atoms with Gasteiger partial charge in [0.05, 0.1) is 16.4 Å². The van der Waals surface area contributed by atoms with E-state index in [1.54, 1.807) is 6.07 Å². The topological polar surface area (TPSA) is 32.6 Å². The minimum atomic E-state index is 0.634.